The summed E-state index contributed by atoms with van der Waals surface area (Å²) in [5.41, 5.74) is 3.85. The monoisotopic (exact) mass is 223 g/mol. The number of nitriles is 1. The Kier molecular flexibility index (Phi) is 3.37. The first kappa shape index (κ1) is 11.2. The van der Waals surface area contributed by atoms with Crippen LogP contribution in [0, 0.1) is 11.3 Å². The zero-order chi connectivity index (χ0) is 12.1. The van der Waals surface area contributed by atoms with Gasteiger partial charge in [0.25, 0.3) is 0 Å². The Morgan fingerprint density at radius 2 is 2.00 bits per heavy atom. The molecule has 0 atom stereocenters. The summed E-state index contributed by atoms with van der Waals surface area (Å²) in [7, 11) is 0. The Morgan fingerprint density at radius 3 is 2.65 bits per heavy atom. The molecular formula is C14H13N3. The molecule has 84 valence electrons. The van der Waals surface area contributed by atoms with Crippen molar-refractivity contribution in [1.82, 2.24) is 4.98 Å². The maximum absolute atomic E-state index is 8.76. The van der Waals surface area contributed by atoms with Gasteiger partial charge >= 0.3 is 0 Å². The van der Waals surface area contributed by atoms with Crippen molar-refractivity contribution in [1.29, 1.82) is 5.26 Å². The maximum Gasteiger partial charge on any atom is 0.0991 e. The van der Waals surface area contributed by atoms with Crippen molar-refractivity contribution in [2.75, 3.05) is 11.9 Å². The molecular weight excluding hydrogens is 210 g/mol. The highest BCUT2D eigenvalue weighted by Gasteiger charge is 2.04. The van der Waals surface area contributed by atoms with Gasteiger partial charge in [-0.05, 0) is 30.7 Å². The number of rotatable bonds is 3. The predicted molar refractivity (Wildman–Crippen MR) is 68.6 cm³/mol. The third-order valence-electron chi connectivity index (χ3n) is 2.51. The minimum absolute atomic E-state index is 0.669. The van der Waals surface area contributed by atoms with E-state index in [4.69, 9.17) is 5.26 Å². The van der Waals surface area contributed by atoms with E-state index in [1.165, 1.54) is 0 Å². The maximum atomic E-state index is 8.76. The average molecular weight is 223 g/mol. The van der Waals surface area contributed by atoms with Crippen molar-refractivity contribution in [3.05, 3.63) is 48.3 Å². The number of pyridine rings is 1. The molecule has 0 saturated heterocycles. The lowest BCUT2D eigenvalue weighted by atomic mass is 10.0. The van der Waals surface area contributed by atoms with Gasteiger partial charge in [0.15, 0.2) is 0 Å². The Morgan fingerprint density at radius 1 is 1.24 bits per heavy atom. The number of benzene rings is 1. The zero-order valence-electron chi connectivity index (χ0n) is 9.64. The largest absolute Gasteiger partial charge is 0.385 e. The van der Waals surface area contributed by atoms with Crippen LogP contribution in [0.5, 0.6) is 0 Å². The van der Waals surface area contributed by atoms with Crippen LogP contribution in [0.2, 0.25) is 0 Å². The molecule has 0 amide bonds. The summed E-state index contributed by atoms with van der Waals surface area (Å²) >= 11 is 0. The van der Waals surface area contributed by atoms with Gasteiger partial charge in [-0.15, -0.1) is 0 Å². The van der Waals surface area contributed by atoms with Crippen molar-refractivity contribution in [2.24, 2.45) is 0 Å². The first-order valence-corrected chi connectivity index (χ1v) is 5.53. The Bertz CT molecular complexity index is 538. The Balaban J connectivity index is 2.41. The number of hydrogen-bond acceptors (Lipinski definition) is 3. The molecule has 2 rings (SSSR count). The normalized spacial score (nSPS) is 9.65. The van der Waals surface area contributed by atoms with Crippen LogP contribution in [0.1, 0.15) is 12.5 Å². The van der Waals surface area contributed by atoms with Gasteiger partial charge in [0.2, 0.25) is 0 Å². The van der Waals surface area contributed by atoms with Gasteiger partial charge in [-0.2, -0.15) is 5.26 Å². The SMILES string of the molecule is CCNc1ccncc1-c1ccc(C#N)cc1. The lowest BCUT2D eigenvalue weighted by Crippen LogP contribution is -1.98. The van der Waals surface area contributed by atoms with Crippen LogP contribution in [-0.2, 0) is 0 Å². The van der Waals surface area contributed by atoms with Gasteiger partial charge in [0, 0.05) is 30.2 Å². The van der Waals surface area contributed by atoms with E-state index in [9.17, 15) is 0 Å². The molecule has 0 saturated carbocycles. The molecule has 0 aliphatic rings. The van der Waals surface area contributed by atoms with E-state index in [2.05, 4.69) is 23.3 Å². The van der Waals surface area contributed by atoms with Gasteiger partial charge in [-0.25, -0.2) is 0 Å². The van der Waals surface area contributed by atoms with Crippen molar-refractivity contribution < 1.29 is 0 Å². The second-order valence-corrected chi connectivity index (χ2v) is 3.64. The highest BCUT2D eigenvalue weighted by atomic mass is 14.9. The highest BCUT2D eigenvalue weighted by molar-refractivity contribution is 5.77. The van der Waals surface area contributed by atoms with Crippen LogP contribution < -0.4 is 5.32 Å². The van der Waals surface area contributed by atoms with Crippen LogP contribution in [0.15, 0.2) is 42.7 Å². The van der Waals surface area contributed by atoms with Crippen molar-refractivity contribution >= 4 is 5.69 Å². The lowest BCUT2D eigenvalue weighted by Gasteiger charge is -2.09. The minimum Gasteiger partial charge on any atom is -0.385 e. The first-order valence-electron chi connectivity index (χ1n) is 5.53. The molecule has 0 radical (unpaired) electrons. The molecule has 1 aromatic carbocycles. The average Bonchev–Trinajstić information content (AvgIpc) is 2.40. The topological polar surface area (TPSA) is 48.7 Å². The highest BCUT2D eigenvalue weighted by Crippen LogP contribution is 2.26. The van der Waals surface area contributed by atoms with Crippen molar-refractivity contribution in [3.63, 3.8) is 0 Å². The van der Waals surface area contributed by atoms with Crippen LogP contribution in [-0.4, -0.2) is 11.5 Å². The minimum atomic E-state index is 0.669. The summed E-state index contributed by atoms with van der Waals surface area (Å²) < 4.78 is 0. The fourth-order valence-electron chi connectivity index (χ4n) is 1.69. The van der Waals surface area contributed by atoms with Crippen LogP contribution >= 0.6 is 0 Å². The van der Waals surface area contributed by atoms with E-state index < -0.39 is 0 Å². The summed E-state index contributed by atoms with van der Waals surface area (Å²) in [6, 6.07) is 11.6. The van der Waals surface area contributed by atoms with Gasteiger partial charge < -0.3 is 5.32 Å². The Hall–Kier alpha value is -2.34. The second-order valence-electron chi connectivity index (χ2n) is 3.64. The summed E-state index contributed by atoms with van der Waals surface area (Å²) in [6.07, 6.45) is 3.60. The molecule has 0 aliphatic heterocycles. The van der Waals surface area contributed by atoms with E-state index >= 15 is 0 Å². The van der Waals surface area contributed by atoms with Crippen LogP contribution in [0.3, 0.4) is 0 Å². The van der Waals surface area contributed by atoms with Gasteiger partial charge in [0.05, 0.1) is 11.6 Å². The zero-order valence-corrected chi connectivity index (χ0v) is 9.64. The summed E-state index contributed by atoms with van der Waals surface area (Å²) in [4.78, 5) is 4.14. The van der Waals surface area contributed by atoms with Gasteiger partial charge in [0.1, 0.15) is 0 Å². The Labute approximate surface area is 101 Å². The smallest absolute Gasteiger partial charge is 0.0991 e. The predicted octanol–water partition coefficient (Wildman–Crippen LogP) is 3.05. The molecule has 1 aromatic heterocycles. The molecule has 0 fully saturated rings. The van der Waals surface area contributed by atoms with Gasteiger partial charge in [-0.1, -0.05) is 12.1 Å². The quantitative estimate of drug-likeness (QED) is 0.870. The molecule has 1 N–H and O–H groups in total. The molecule has 17 heavy (non-hydrogen) atoms. The summed E-state index contributed by atoms with van der Waals surface area (Å²) in [6.45, 7) is 2.93. The first-order chi connectivity index (χ1) is 8.35. The third-order valence-corrected chi connectivity index (χ3v) is 2.51. The fraction of sp³-hybridized carbons (Fsp3) is 0.143. The molecule has 3 nitrogen and oxygen atoms in total. The number of aromatic nitrogens is 1. The van der Waals surface area contributed by atoms with E-state index in [1.807, 2.05) is 36.5 Å². The van der Waals surface area contributed by atoms with E-state index in [-0.39, 0.29) is 0 Å². The number of nitrogens with one attached hydrogen (secondary N) is 1. The van der Waals surface area contributed by atoms with E-state index in [1.54, 1.807) is 6.20 Å². The number of hydrogen-bond donors (Lipinski definition) is 1. The van der Waals surface area contributed by atoms with Crippen molar-refractivity contribution in [2.45, 2.75) is 6.92 Å². The van der Waals surface area contributed by atoms with Crippen LogP contribution in [0.25, 0.3) is 11.1 Å². The standard InChI is InChI=1S/C14H13N3/c1-2-17-14-7-8-16-10-13(14)12-5-3-11(9-15)4-6-12/h3-8,10H,2H2,1H3,(H,16,17). The number of anilines is 1. The third kappa shape index (κ3) is 2.43. The summed E-state index contributed by atoms with van der Waals surface area (Å²) in [5.74, 6) is 0. The molecule has 2 aromatic rings. The molecule has 0 spiro atoms. The van der Waals surface area contributed by atoms with Gasteiger partial charge in [-0.3, -0.25) is 4.98 Å². The molecule has 1 heterocycles. The summed E-state index contributed by atoms with van der Waals surface area (Å²) in [5, 5.41) is 12.1. The lowest BCUT2D eigenvalue weighted by molar-refractivity contribution is 1.20. The fourth-order valence-corrected chi connectivity index (χ4v) is 1.69. The molecule has 0 bridgehead atoms. The second kappa shape index (κ2) is 5.13. The van der Waals surface area contributed by atoms with E-state index in [0.717, 1.165) is 23.4 Å². The number of nitrogens with zero attached hydrogens (tertiary/aromatic N) is 2. The molecule has 0 unspecified atom stereocenters. The van der Waals surface area contributed by atoms with E-state index in [0.29, 0.717) is 5.56 Å². The molecule has 3 heteroatoms. The van der Waals surface area contributed by atoms with Crippen LogP contribution in [0.4, 0.5) is 5.69 Å². The van der Waals surface area contributed by atoms with Crippen molar-refractivity contribution in [3.8, 4) is 17.2 Å². The molecule has 0 aliphatic carbocycles.